The van der Waals surface area contributed by atoms with Crippen molar-refractivity contribution in [2.24, 2.45) is 0 Å². The van der Waals surface area contributed by atoms with Crippen molar-refractivity contribution in [2.75, 3.05) is 13.2 Å². The van der Waals surface area contributed by atoms with Crippen LogP contribution in [0.15, 0.2) is 51.9 Å². The molecule has 25 heavy (non-hydrogen) atoms. The zero-order valence-electron chi connectivity index (χ0n) is 13.3. The standard InChI is InChI=1S/C17H16N4O4/c22-14(13-10-24-15(19-13)12-4-2-1-3-5-12)20-17(6-8-23-9-7-17)16-18-11-25-21-16/h1-5,10-11H,6-9H2,(H,20,22). The van der Waals surface area contributed by atoms with Gasteiger partial charge in [0.2, 0.25) is 12.3 Å². The molecule has 3 heterocycles. The van der Waals surface area contributed by atoms with E-state index >= 15 is 0 Å². The molecule has 1 aliphatic rings. The van der Waals surface area contributed by atoms with Gasteiger partial charge in [-0.2, -0.15) is 4.98 Å². The van der Waals surface area contributed by atoms with Gasteiger partial charge < -0.3 is 19.0 Å². The summed E-state index contributed by atoms with van der Waals surface area (Å²) in [4.78, 5) is 21.1. The van der Waals surface area contributed by atoms with Crippen LogP contribution in [-0.4, -0.2) is 34.2 Å². The number of hydrogen-bond acceptors (Lipinski definition) is 7. The summed E-state index contributed by atoms with van der Waals surface area (Å²) in [5.41, 5.74) is 0.280. The third kappa shape index (κ3) is 3.03. The van der Waals surface area contributed by atoms with Crippen molar-refractivity contribution >= 4 is 5.91 Å². The van der Waals surface area contributed by atoms with Crippen molar-refractivity contribution < 1.29 is 18.5 Å². The number of oxazole rings is 1. The molecule has 1 fully saturated rings. The van der Waals surface area contributed by atoms with Crippen molar-refractivity contribution in [3.05, 3.63) is 54.5 Å². The van der Waals surface area contributed by atoms with Gasteiger partial charge in [0, 0.05) is 31.6 Å². The number of benzene rings is 1. The lowest BCUT2D eigenvalue weighted by atomic mass is 9.89. The number of hydrogen-bond donors (Lipinski definition) is 1. The van der Waals surface area contributed by atoms with Gasteiger partial charge in [0.05, 0.1) is 0 Å². The van der Waals surface area contributed by atoms with Gasteiger partial charge in [0.1, 0.15) is 11.8 Å². The molecule has 8 nitrogen and oxygen atoms in total. The molecule has 0 bridgehead atoms. The molecule has 8 heteroatoms. The number of carbonyl (C=O) groups is 1. The van der Waals surface area contributed by atoms with Crippen LogP contribution in [0.2, 0.25) is 0 Å². The SMILES string of the molecule is O=C(NC1(c2ncon2)CCOCC1)c1coc(-c2ccccc2)n1. The van der Waals surface area contributed by atoms with E-state index in [-0.39, 0.29) is 11.6 Å². The lowest BCUT2D eigenvalue weighted by Gasteiger charge is -2.34. The van der Waals surface area contributed by atoms with Gasteiger partial charge in [-0.1, -0.05) is 23.4 Å². The second-order valence-corrected chi connectivity index (χ2v) is 5.81. The zero-order chi connectivity index (χ0) is 17.1. The van der Waals surface area contributed by atoms with E-state index in [1.807, 2.05) is 30.3 Å². The predicted octanol–water partition coefficient (Wildman–Crippen LogP) is 2.16. The Labute approximate surface area is 143 Å². The summed E-state index contributed by atoms with van der Waals surface area (Å²) in [6.07, 6.45) is 3.71. The molecule has 0 aliphatic carbocycles. The molecule has 0 spiro atoms. The highest BCUT2D eigenvalue weighted by Crippen LogP contribution is 2.30. The van der Waals surface area contributed by atoms with Crippen molar-refractivity contribution in [3.8, 4) is 11.5 Å². The maximum atomic E-state index is 12.7. The van der Waals surface area contributed by atoms with E-state index in [0.29, 0.717) is 37.8 Å². The van der Waals surface area contributed by atoms with Crippen LogP contribution < -0.4 is 5.32 Å². The first kappa shape index (κ1) is 15.5. The number of carbonyl (C=O) groups excluding carboxylic acids is 1. The summed E-state index contributed by atoms with van der Waals surface area (Å²) in [6.45, 7) is 1.01. The Morgan fingerprint density at radius 1 is 1.16 bits per heavy atom. The maximum Gasteiger partial charge on any atom is 0.274 e. The van der Waals surface area contributed by atoms with Crippen molar-refractivity contribution in [3.63, 3.8) is 0 Å². The normalized spacial score (nSPS) is 16.5. The van der Waals surface area contributed by atoms with Crippen LogP contribution in [0.25, 0.3) is 11.5 Å². The summed E-state index contributed by atoms with van der Waals surface area (Å²) in [7, 11) is 0. The average molecular weight is 340 g/mol. The Kier molecular flexibility index (Phi) is 4.02. The molecule has 4 rings (SSSR count). The number of nitrogens with zero attached hydrogens (tertiary/aromatic N) is 3. The summed E-state index contributed by atoms with van der Waals surface area (Å²) >= 11 is 0. The smallest absolute Gasteiger partial charge is 0.274 e. The highest BCUT2D eigenvalue weighted by atomic mass is 16.5. The first-order valence-electron chi connectivity index (χ1n) is 7.95. The van der Waals surface area contributed by atoms with Crippen molar-refractivity contribution in [1.82, 2.24) is 20.4 Å². The first-order chi connectivity index (χ1) is 12.3. The summed E-state index contributed by atoms with van der Waals surface area (Å²) < 4.78 is 15.7. The maximum absolute atomic E-state index is 12.7. The van der Waals surface area contributed by atoms with Crippen LogP contribution in [0.1, 0.15) is 29.2 Å². The Bertz CT molecular complexity index is 839. The molecular weight excluding hydrogens is 324 g/mol. The van der Waals surface area contributed by atoms with E-state index in [4.69, 9.17) is 13.7 Å². The molecule has 1 amide bonds. The highest BCUT2D eigenvalue weighted by Gasteiger charge is 2.40. The van der Waals surface area contributed by atoms with Crippen LogP contribution >= 0.6 is 0 Å². The van der Waals surface area contributed by atoms with Crippen LogP contribution in [-0.2, 0) is 10.3 Å². The third-order valence-electron chi connectivity index (χ3n) is 4.25. The Hall–Kier alpha value is -3.00. The Morgan fingerprint density at radius 2 is 1.96 bits per heavy atom. The van der Waals surface area contributed by atoms with Crippen LogP contribution in [0.4, 0.5) is 0 Å². The molecule has 2 aromatic heterocycles. The van der Waals surface area contributed by atoms with Crippen LogP contribution in [0.5, 0.6) is 0 Å². The van der Waals surface area contributed by atoms with Crippen LogP contribution in [0.3, 0.4) is 0 Å². The highest BCUT2D eigenvalue weighted by molar-refractivity contribution is 5.93. The van der Waals surface area contributed by atoms with Gasteiger partial charge in [-0.3, -0.25) is 4.79 Å². The molecule has 0 radical (unpaired) electrons. The second-order valence-electron chi connectivity index (χ2n) is 5.81. The van der Waals surface area contributed by atoms with Gasteiger partial charge in [0.25, 0.3) is 5.91 Å². The molecule has 0 unspecified atom stereocenters. The largest absolute Gasteiger partial charge is 0.444 e. The fourth-order valence-corrected chi connectivity index (χ4v) is 2.88. The second kappa shape index (κ2) is 6.48. The van der Waals surface area contributed by atoms with Gasteiger partial charge in [0.15, 0.2) is 11.5 Å². The van der Waals surface area contributed by atoms with E-state index in [1.165, 1.54) is 12.7 Å². The molecule has 1 aromatic carbocycles. The molecule has 0 atom stereocenters. The molecule has 128 valence electrons. The summed E-state index contributed by atoms with van der Waals surface area (Å²) in [5, 5.41) is 6.90. The minimum atomic E-state index is -0.728. The minimum absolute atomic E-state index is 0.202. The molecule has 0 saturated carbocycles. The van der Waals surface area contributed by atoms with E-state index in [0.717, 1.165) is 5.56 Å². The molecule has 3 aromatic rings. The first-order valence-corrected chi connectivity index (χ1v) is 7.95. The molecule has 1 N–H and O–H groups in total. The number of ether oxygens (including phenoxy) is 1. The average Bonchev–Trinajstić information content (AvgIpc) is 3.36. The van der Waals surface area contributed by atoms with Crippen molar-refractivity contribution in [2.45, 2.75) is 18.4 Å². The number of aromatic nitrogens is 3. The lowest BCUT2D eigenvalue weighted by molar-refractivity contribution is 0.0304. The quantitative estimate of drug-likeness (QED) is 0.776. The number of nitrogens with one attached hydrogen (secondary N) is 1. The third-order valence-corrected chi connectivity index (χ3v) is 4.25. The van der Waals surface area contributed by atoms with Gasteiger partial charge in [-0.15, -0.1) is 0 Å². The molecular formula is C17H16N4O4. The van der Waals surface area contributed by atoms with Crippen molar-refractivity contribution in [1.29, 1.82) is 0 Å². The zero-order valence-corrected chi connectivity index (χ0v) is 13.3. The summed E-state index contributed by atoms with van der Waals surface area (Å²) in [6, 6.07) is 9.40. The van der Waals surface area contributed by atoms with E-state index in [9.17, 15) is 4.79 Å². The van der Waals surface area contributed by atoms with Gasteiger partial charge >= 0.3 is 0 Å². The number of amides is 1. The fourth-order valence-electron chi connectivity index (χ4n) is 2.88. The van der Waals surface area contributed by atoms with E-state index in [2.05, 4.69) is 20.4 Å². The monoisotopic (exact) mass is 340 g/mol. The lowest BCUT2D eigenvalue weighted by Crippen LogP contribution is -2.50. The van der Waals surface area contributed by atoms with Crippen LogP contribution in [0, 0.1) is 0 Å². The molecule has 1 aliphatic heterocycles. The summed E-state index contributed by atoms with van der Waals surface area (Å²) in [5.74, 6) is 0.486. The minimum Gasteiger partial charge on any atom is -0.444 e. The van der Waals surface area contributed by atoms with E-state index in [1.54, 1.807) is 0 Å². The fraction of sp³-hybridized carbons (Fsp3) is 0.294. The van der Waals surface area contributed by atoms with Gasteiger partial charge in [-0.05, 0) is 12.1 Å². The predicted molar refractivity (Wildman–Crippen MR) is 85.4 cm³/mol. The topological polar surface area (TPSA) is 103 Å². The Morgan fingerprint density at radius 3 is 2.68 bits per heavy atom. The molecule has 1 saturated heterocycles. The Balaban J connectivity index is 1.57. The van der Waals surface area contributed by atoms with E-state index < -0.39 is 5.54 Å². The number of rotatable bonds is 4. The van der Waals surface area contributed by atoms with Gasteiger partial charge in [-0.25, -0.2) is 4.98 Å².